The minimum Gasteiger partial charge on any atom is -0.334 e. The normalized spacial score (nSPS) is 16.5. The fourth-order valence-corrected chi connectivity index (χ4v) is 2.38. The maximum absolute atomic E-state index is 5.81. The summed E-state index contributed by atoms with van der Waals surface area (Å²) in [4.78, 5) is 4.78. The van der Waals surface area contributed by atoms with Crippen molar-refractivity contribution in [3.8, 4) is 0 Å². The van der Waals surface area contributed by atoms with Crippen LogP contribution in [0.2, 0.25) is 0 Å². The van der Waals surface area contributed by atoms with Gasteiger partial charge in [-0.2, -0.15) is 0 Å². The first kappa shape index (κ1) is 10.7. The van der Waals surface area contributed by atoms with Gasteiger partial charge >= 0.3 is 0 Å². The Morgan fingerprint density at radius 1 is 1.33 bits per heavy atom. The molecule has 0 radical (unpaired) electrons. The molecule has 0 saturated heterocycles. The zero-order chi connectivity index (χ0) is 11.1. The number of nitrogens with two attached hydrogens (primary N) is 1. The van der Waals surface area contributed by atoms with Gasteiger partial charge in [0.15, 0.2) is 0 Å². The van der Waals surface area contributed by atoms with Crippen LogP contribution in [0.4, 0.5) is 0 Å². The van der Waals surface area contributed by atoms with Crippen molar-refractivity contribution in [3.05, 3.63) is 17.2 Å². The summed E-state index contributed by atoms with van der Waals surface area (Å²) in [6, 6.07) is 0. The highest BCUT2D eigenvalue weighted by molar-refractivity contribution is 5.23. The molecule has 0 unspecified atom stereocenters. The maximum atomic E-state index is 5.81. The van der Waals surface area contributed by atoms with E-state index in [1.807, 2.05) is 0 Å². The number of aromatic nitrogens is 2. The molecule has 1 aromatic rings. The van der Waals surface area contributed by atoms with Crippen LogP contribution in [0.5, 0.6) is 0 Å². The lowest BCUT2D eigenvalue weighted by Crippen LogP contribution is -2.31. The van der Waals surface area contributed by atoms with Crippen LogP contribution in [0.3, 0.4) is 0 Å². The molecule has 0 fully saturated rings. The molecule has 1 heterocycles. The van der Waals surface area contributed by atoms with E-state index in [4.69, 9.17) is 10.7 Å². The summed E-state index contributed by atoms with van der Waals surface area (Å²) in [6.07, 6.45) is 4.91. The molecule has 1 aromatic heterocycles. The molecule has 0 aliphatic heterocycles. The van der Waals surface area contributed by atoms with Crippen molar-refractivity contribution in [2.45, 2.75) is 44.9 Å². The van der Waals surface area contributed by atoms with Crippen LogP contribution in [-0.2, 0) is 25.3 Å². The van der Waals surface area contributed by atoms with Crippen molar-refractivity contribution in [1.29, 1.82) is 0 Å². The minimum atomic E-state index is -0.00785. The quantitative estimate of drug-likeness (QED) is 0.799. The number of hydrogen-bond donors (Lipinski definition) is 1. The summed E-state index contributed by atoms with van der Waals surface area (Å²) in [6.45, 7) is 4.98. The number of imidazole rings is 1. The van der Waals surface area contributed by atoms with E-state index in [0.29, 0.717) is 6.54 Å². The summed E-state index contributed by atoms with van der Waals surface area (Å²) < 4.78 is 2.27. The summed E-state index contributed by atoms with van der Waals surface area (Å²) in [7, 11) is 2.13. The second-order valence-electron chi connectivity index (χ2n) is 5.18. The number of aryl methyl sites for hydroxylation is 1. The molecule has 3 heteroatoms. The molecule has 1 aliphatic rings. The molecule has 84 valence electrons. The highest BCUT2D eigenvalue weighted by Gasteiger charge is 2.27. The average molecular weight is 207 g/mol. The van der Waals surface area contributed by atoms with Gasteiger partial charge in [-0.3, -0.25) is 0 Å². The van der Waals surface area contributed by atoms with E-state index >= 15 is 0 Å². The van der Waals surface area contributed by atoms with Gasteiger partial charge < -0.3 is 10.3 Å². The van der Waals surface area contributed by atoms with Gasteiger partial charge in [0.1, 0.15) is 5.82 Å². The number of hydrogen-bond acceptors (Lipinski definition) is 2. The van der Waals surface area contributed by atoms with Gasteiger partial charge in [-0.25, -0.2) is 4.98 Å². The monoisotopic (exact) mass is 207 g/mol. The van der Waals surface area contributed by atoms with E-state index in [2.05, 4.69) is 25.5 Å². The summed E-state index contributed by atoms with van der Waals surface area (Å²) in [5.74, 6) is 1.15. The van der Waals surface area contributed by atoms with Crippen LogP contribution in [0.1, 0.15) is 43.9 Å². The second kappa shape index (κ2) is 3.63. The molecule has 1 aliphatic carbocycles. The highest BCUT2D eigenvalue weighted by atomic mass is 15.1. The van der Waals surface area contributed by atoms with E-state index in [1.165, 1.54) is 30.7 Å². The van der Waals surface area contributed by atoms with E-state index < -0.39 is 0 Å². The molecule has 0 atom stereocenters. The van der Waals surface area contributed by atoms with Crippen molar-refractivity contribution in [2.24, 2.45) is 12.8 Å². The van der Waals surface area contributed by atoms with Crippen LogP contribution in [0, 0.1) is 0 Å². The Morgan fingerprint density at radius 3 is 2.60 bits per heavy atom. The Hall–Kier alpha value is -0.830. The first-order valence-corrected chi connectivity index (χ1v) is 5.81. The Balaban J connectivity index is 2.46. The molecule has 2 N–H and O–H groups in total. The lowest BCUT2D eigenvalue weighted by Gasteiger charge is -2.22. The number of nitrogens with zero attached hydrogens (tertiary/aromatic N) is 2. The molecule has 3 nitrogen and oxygen atoms in total. The standard InChI is InChI=1S/C12H21N3/c1-12(2,8-13)11-14-9-6-4-5-7-10(9)15(11)3/h4-8,13H2,1-3H3. The van der Waals surface area contributed by atoms with E-state index in [0.717, 1.165) is 12.2 Å². The predicted octanol–water partition coefficient (Wildman–Crippen LogP) is 1.54. The van der Waals surface area contributed by atoms with Gasteiger partial charge in [0.05, 0.1) is 5.69 Å². The van der Waals surface area contributed by atoms with Crippen molar-refractivity contribution < 1.29 is 0 Å². The molecule has 0 aromatic carbocycles. The van der Waals surface area contributed by atoms with Gasteiger partial charge in [0.2, 0.25) is 0 Å². The molecule has 0 saturated carbocycles. The van der Waals surface area contributed by atoms with Crippen LogP contribution in [0.25, 0.3) is 0 Å². The fourth-order valence-electron chi connectivity index (χ4n) is 2.38. The van der Waals surface area contributed by atoms with E-state index in [9.17, 15) is 0 Å². The Kier molecular flexibility index (Phi) is 2.59. The van der Waals surface area contributed by atoms with Crippen molar-refractivity contribution in [2.75, 3.05) is 6.54 Å². The summed E-state index contributed by atoms with van der Waals surface area (Å²) in [5.41, 5.74) is 8.54. The Morgan fingerprint density at radius 2 is 2.00 bits per heavy atom. The van der Waals surface area contributed by atoms with Crippen molar-refractivity contribution in [1.82, 2.24) is 9.55 Å². The maximum Gasteiger partial charge on any atom is 0.115 e. The third kappa shape index (κ3) is 1.69. The second-order valence-corrected chi connectivity index (χ2v) is 5.18. The van der Waals surface area contributed by atoms with Crippen LogP contribution in [-0.4, -0.2) is 16.1 Å². The lowest BCUT2D eigenvalue weighted by atomic mass is 9.93. The molecule has 0 bridgehead atoms. The van der Waals surface area contributed by atoms with Gasteiger partial charge in [0, 0.05) is 24.7 Å². The molecule has 0 spiro atoms. The van der Waals surface area contributed by atoms with Gasteiger partial charge in [-0.15, -0.1) is 0 Å². The molecular weight excluding hydrogens is 186 g/mol. The zero-order valence-electron chi connectivity index (χ0n) is 10.0. The van der Waals surface area contributed by atoms with Crippen molar-refractivity contribution in [3.63, 3.8) is 0 Å². The van der Waals surface area contributed by atoms with Crippen LogP contribution < -0.4 is 5.73 Å². The van der Waals surface area contributed by atoms with Crippen molar-refractivity contribution >= 4 is 0 Å². The average Bonchev–Trinajstić information content (AvgIpc) is 2.58. The predicted molar refractivity (Wildman–Crippen MR) is 61.9 cm³/mol. The fraction of sp³-hybridized carbons (Fsp3) is 0.750. The SMILES string of the molecule is Cn1c(C(C)(C)CN)nc2c1CCCC2. The molecular formula is C12H21N3. The topological polar surface area (TPSA) is 43.8 Å². The minimum absolute atomic E-state index is 0.00785. The smallest absolute Gasteiger partial charge is 0.115 e. The lowest BCUT2D eigenvalue weighted by molar-refractivity contribution is 0.481. The largest absolute Gasteiger partial charge is 0.334 e. The van der Waals surface area contributed by atoms with Gasteiger partial charge in [-0.1, -0.05) is 13.8 Å². The zero-order valence-corrected chi connectivity index (χ0v) is 10.0. The van der Waals surface area contributed by atoms with E-state index in [1.54, 1.807) is 0 Å². The number of fused-ring (bicyclic) bond motifs is 1. The highest BCUT2D eigenvalue weighted by Crippen LogP contribution is 2.27. The molecule has 15 heavy (non-hydrogen) atoms. The molecule has 2 rings (SSSR count). The van der Waals surface area contributed by atoms with Crippen LogP contribution in [0.15, 0.2) is 0 Å². The third-order valence-corrected chi connectivity index (χ3v) is 3.49. The van der Waals surface area contributed by atoms with Gasteiger partial charge in [0.25, 0.3) is 0 Å². The van der Waals surface area contributed by atoms with Crippen LogP contribution >= 0.6 is 0 Å². The summed E-state index contributed by atoms with van der Waals surface area (Å²) >= 11 is 0. The van der Waals surface area contributed by atoms with E-state index in [-0.39, 0.29) is 5.41 Å². The third-order valence-electron chi connectivity index (χ3n) is 3.49. The molecule has 0 amide bonds. The first-order valence-electron chi connectivity index (χ1n) is 5.81. The van der Waals surface area contributed by atoms with Gasteiger partial charge in [-0.05, 0) is 25.7 Å². The Labute approximate surface area is 91.7 Å². The summed E-state index contributed by atoms with van der Waals surface area (Å²) in [5, 5.41) is 0. The first-order chi connectivity index (χ1) is 7.06. The number of rotatable bonds is 2. The Bertz CT molecular complexity index is 363.